The van der Waals surface area contributed by atoms with Gasteiger partial charge in [-0.1, -0.05) is 20.8 Å². The molecule has 3 heteroatoms. The van der Waals surface area contributed by atoms with Crippen molar-refractivity contribution in [3.05, 3.63) is 42.4 Å². The molecule has 0 spiro atoms. The van der Waals surface area contributed by atoms with Gasteiger partial charge in [-0.25, -0.2) is 0 Å². The Hall–Kier alpha value is -1.90. The van der Waals surface area contributed by atoms with E-state index < -0.39 is 0 Å². The molecular formula is C14H17N3. The van der Waals surface area contributed by atoms with Crippen LogP contribution < -0.4 is 5.73 Å². The molecule has 0 atom stereocenters. The maximum Gasteiger partial charge on any atom is 0.0946 e. The zero-order chi connectivity index (χ0) is 12.5. The van der Waals surface area contributed by atoms with Gasteiger partial charge in [0.2, 0.25) is 0 Å². The highest BCUT2D eigenvalue weighted by Crippen LogP contribution is 2.28. The van der Waals surface area contributed by atoms with Gasteiger partial charge in [0, 0.05) is 24.2 Å². The van der Waals surface area contributed by atoms with Crippen LogP contribution >= 0.6 is 0 Å². The lowest BCUT2D eigenvalue weighted by atomic mass is 9.88. The number of hydrogen-bond acceptors (Lipinski definition) is 3. The lowest BCUT2D eigenvalue weighted by Gasteiger charge is -2.19. The number of nitrogen functional groups attached to an aromatic ring is 1. The highest BCUT2D eigenvalue weighted by Gasteiger charge is 2.16. The Morgan fingerprint density at radius 1 is 1.18 bits per heavy atom. The average Bonchev–Trinajstić information content (AvgIpc) is 2.29. The third kappa shape index (κ3) is 2.44. The van der Waals surface area contributed by atoms with Crippen LogP contribution in [-0.2, 0) is 5.41 Å². The highest BCUT2D eigenvalue weighted by molar-refractivity contribution is 5.72. The van der Waals surface area contributed by atoms with Crippen molar-refractivity contribution in [1.29, 1.82) is 0 Å². The zero-order valence-electron chi connectivity index (χ0n) is 10.4. The minimum atomic E-state index is 0.0641. The van der Waals surface area contributed by atoms with E-state index in [4.69, 9.17) is 5.73 Å². The molecule has 0 bridgehead atoms. The summed E-state index contributed by atoms with van der Waals surface area (Å²) in [5.74, 6) is 0. The van der Waals surface area contributed by atoms with Crippen LogP contribution in [0.3, 0.4) is 0 Å². The predicted octanol–water partition coefficient (Wildman–Crippen LogP) is 3.02. The molecule has 0 saturated carbocycles. The van der Waals surface area contributed by atoms with Gasteiger partial charge in [0.05, 0.1) is 11.4 Å². The summed E-state index contributed by atoms with van der Waals surface area (Å²) >= 11 is 0. The molecule has 0 saturated heterocycles. The number of nitrogens with zero attached hydrogens (tertiary/aromatic N) is 2. The van der Waals surface area contributed by atoms with Crippen molar-refractivity contribution in [3.8, 4) is 11.3 Å². The summed E-state index contributed by atoms with van der Waals surface area (Å²) in [7, 11) is 0. The summed E-state index contributed by atoms with van der Waals surface area (Å²) in [5.41, 5.74) is 9.71. The lowest BCUT2D eigenvalue weighted by Crippen LogP contribution is -2.12. The first-order valence-electron chi connectivity index (χ1n) is 5.65. The van der Waals surface area contributed by atoms with Crippen LogP contribution in [0.4, 0.5) is 5.69 Å². The topological polar surface area (TPSA) is 51.8 Å². The Labute approximate surface area is 102 Å². The number of rotatable bonds is 1. The van der Waals surface area contributed by atoms with Gasteiger partial charge in [0.25, 0.3) is 0 Å². The molecule has 3 nitrogen and oxygen atoms in total. The third-order valence-corrected chi connectivity index (χ3v) is 2.72. The monoisotopic (exact) mass is 227 g/mol. The molecule has 0 aliphatic carbocycles. The fourth-order valence-electron chi connectivity index (χ4n) is 1.64. The summed E-state index contributed by atoms with van der Waals surface area (Å²) in [6.45, 7) is 6.44. The second kappa shape index (κ2) is 4.17. The summed E-state index contributed by atoms with van der Waals surface area (Å²) in [4.78, 5) is 8.53. The van der Waals surface area contributed by atoms with E-state index in [0.29, 0.717) is 5.69 Å². The molecule has 0 unspecified atom stereocenters. The second-order valence-corrected chi connectivity index (χ2v) is 5.15. The third-order valence-electron chi connectivity index (χ3n) is 2.72. The SMILES string of the molecule is CC(C)(C)c1cnc(-c2cccnc2)c(N)c1. The summed E-state index contributed by atoms with van der Waals surface area (Å²) in [6.07, 6.45) is 5.40. The van der Waals surface area contributed by atoms with E-state index in [2.05, 4.69) is 30.7 Å². The predicted molar refractivity (Wildman–Crippen MR) is 70.6 cm³/mol. The van der Waals surface area contributed by atoms with Crippen LogP contribution in [-0.4, -0.2) is 9.97 Å². The van der Waals surface area contributed by atoms with Gasteiger partial charge in [-0.2, -0.15) is 0 Å². The fraction of sp³-hybridized carbons (Fsp3) is 0.286. The van der Waals surface area contributed by atoms with Crippen molar-refractivity contribution in [3.63, 3.8) is 0 Å². The molecule has 2 heterocycles. The summed E-state index contributed by atoms with van der Waals surface area (Å²) in [5, 5.41) is 0. The van der Waals surface area contributed by atoms with Crippen LogP contribution in [0.1, 0.15) is 26.3 Å². The first-order chi connectivity index (χ1) is 7.98. The minimum Gasteiger partial charge on any atom is -0.397 e. The summed E-state index contributed by atoms with van der Waals surface area (Å²) < 4.78 is 0. The number of pyridine rings is 2. The molecule has 0 aromatic carbocycles. The van der Waals surface area contributed by atoms with Gasteiger partial charge in [-0.15, -0.1) is 0 Å². The molecule has 0 amide bonds. The molecule has 17 heavy (non-hydrogen) atoms. The molecule has 2 N–H and O–H groups in total. The molecule has 2 aromatic rings. The van der Waals surface area contributed by atoms with E-state index in [9.17, 15) is 0 Å². The van der Waals surface area contributed by atoms with E-state index in [-0.39, 0.29) is 5.41 Å². The standard InChI is InChI=1S/C14H17N3/c1-14(2,3)11-7-12(15)13(17-9-11)10-5-4-6-16-8-10/h4-9H,15H2,1-3H3. The molecule has 2 rings (SSSR count). The van der Waals surface area contributed by atoms with Crippen molar-refractivity contribution in [2.45, 2.75) is 26.2 Å². The minimum absolute atomic E-state index is 0.0641. The van der Waals surface area contributed by atoms with Gasteiger partial charge in [-0.05, 0) is 29.2 Å². The number of nitrogens with two attached hydrogens (primary N) is 1. The molecule has 0 aliphatic rings. The molecule has 0 fully saturated rings. The Morgan fingerprint density at radius 3 is 2.47 bits per heavy atom. The van der Waals surface area contributed by atoms with Gasteiger partial charge >= 0.3 is 0 Å². The van der Waals surface area contributed by atoms with E-state index in [1.54, 1.807) is 12.4 Å². The van der Waals surface area contributed by atoms with Crippen molar-refractivity contribution < 1.29 is 0 Å². The second-order valence-electron chi connectivity index (χ2n) is 5.15. The van der Waals surface area contributed by atoms with Crippen LogP contribution in [0, 0.1) is 0 Å². The zero-order valence-corrected chi connectivity index (χ0v) is 10.4. The smallest absolute Gasteiger partial charge is 0.0946 e. The molecule has 0 aliphatic heterocycles. The first-order valence-corrected chi connectivity index (χ1v) is 5.65. The largest absolute Gasteiger partial charge is 0.397 e. The number of hydrogen-bond donors (Lipinski definition) is 1. The van der Waals surface area contributed by atoms with Crippen molar-refractivity contribution in [2.75, 3.05) is 5.73 Å². The number of anilines is 1. The van der Waals surface area contributed by atoms with Gasteiger partial charge in [0.15, 0.2) is 0 Å². The van der Waals surface area contributed by atoms with Gasteiger partial charge in [0.1, 0.15) is 0 Å². The summed E-state index contributed by atoms with van der Waals surface area (Å²) in [6, 6.07) is 5.84. The van der Waals surface area contributed by atoms with E-state index in [1.165, 1.54) is 0 Å². The van der Waals surface area contributed by atoms with Crippen LogP contribution in [0.15, 0.2) is 36.8 Å². The Balaban J connectivity index is 2.46. The van der Waals surface area contributed by atoms with E-state index in [0.717, 1.165) is 16.8 Å². The Bertz CT molecular complexity index is 513. The fourth-order valence-corrected chi connectivity index (χ4v) is 1.64. The first kappa shape index (κ1) is 11.6. The molecule has 0 radical (unpaired) electrons. The quantitative estimate of drug-likeness (QED) is 0.814. The van der Waals surface area contributed by atoms with Crippen molar-refractivity contribution >= 4 is 5.69 Å². The molecular weight excluding hydrogens is 210 g/mol. The molecule has 2 aromatic heterocycles. The van der Waals surface area contributed by atoms with Gasteiger partial charge < -0.3 is 5.73 Å². The van der Waals surface area contributed by atoms with E-state index >= 15 is 0 Å². The Kier molecular flexibility index (Phi) is 2.84. The van der Waals surface area contributed by atoms with Crippen molar-refractivity contribution in [1.82, 2.24) is 9.97 Å². The average molecular weight is 227 g/mol. The molecule has 88 valence electrons. The van der Waals surface area contributed by atoms with Crippen LogP contribution in [0.25, 0.3) is 11.3 Å². The van der Waals surface area contributed by atoms with Crippen molar-refractivity contribution in [2.24, 2.45) is 0 Å². The maximum absolute atomic E-state index is 6.06. The van der Waals surface area contributed by atoms with Gasteiger partial charge in [-0.3, -0.25) is 9.97 Å². The van der Waals surface area contributed by atoms with Crippen LogP contribution in [0.5, 0.6) is 0 Å². The number of aromatic nitrogens is 2. The van der Waals surface area contributed by atoms with Crippen LogP contribution in [0.2, 0.25) is 0 Å². The highest BCUT2D eigenvalue weighted by atomic mass is 14.7. The Morgan fingerprint density at radius 2 is 1.94 bits per heavy atom. The lowest BCUT2D eigenvalue weighted by molar-refractivity contribution is 0.588. The van der Waals surface area contributed by atoms with E-state index in [1.807, 2.05) is 24.4 Å². The normalized spacial score (nSPS) is 11.5. The maximum atomic E-state index is 6.06.